The predicted octanol–water partition coefficient (Wildman–Crippen LogP) is 8.17. The van der Waals surface area contributed by atoms with Crippen LogP contribution in [0.1, 0.15) is 57.7 Å². The number of nitrogens with zero attached hydrogens (tertiary/aromatic N) is 4. The van der Waals surface area contributed by atoms with Gasteiger partial charge >= 0.3 is 12.4 Å². The maximum Gasteiger partial charge on any atom is 0.416 e. The molecular formula is C34H29Cl2F6N5O3S2. The first-order valence-electron chi connectivity index (χ1n) is 16.0. The Morgan fingerprint density at radius 1 is 0.942 bits per heavy atom. The first-order chi connectivity index (χ1) is 24.5. The Hall–Kier alpha value is -3.59. The highest BCUT2D eigenvalue weighted by Gasteiger charge is 2.46. The number of halogens is 8. The number of thiophene rings is 1. The second-order valence-electron chi connectivity index (χ2n) is 12.3. The van der Waals surface area contributed by atoms with Crippen LogP contribution in [0.3, 0.4) is 0 Å². The van der Waals surface area contributed by atoms with Crippen molar-refractivity contribution >= 4 is 50.5 Å². The van der Waals surface area contributed by atoms with Crippen LogP contribution in [0, 0.1) is 17.8 Å². The van der Waals surface area contributed by atoms with Crippen LogP contribution in [0.2, 0.25) is 10.0 Å². The van der Waals surface area contributed by atoms with Gasteiger partial charge in [0.05, 0.1) is 43.4 Å². The standard InChI is InChI=1S/C34H29Cl2F6N5O3S2/c35-24-9-12-28(27(36)18-24)47-31(29-13-11-25(51-29)10-6-21-4-7-22(8-5-21)33(37,38)39)26(30(43-47)32(48)44-45-15-2-1-3-16-45)20-52(49,50)46-17-14-23(19-46)34(40,41)42/h4-5,7-9,11-13,18,23H,1-3,14-17,19-20H2,(H,44,48)/t23-/m1/s1. The molecule has 276 valence electrons. The molecule has 0 bridgehead atoms. The van der Waals surface area contributed by atoms with Crippen LogP contribution < -0.4 is 5.43 Å². The van der Waals surface area contributed by atoms with E-state index < -0.39 is 58.5 Å². The molecule has 0 unspecified atom stereocenters. The minimum atomic E-state index is -4.58. The van der Waals surface area contributed by atoms with Crippen LogP contribution in [-0.4, -0.2) is 65.8 Å². The molecule has 6 rings (SSSR count). The van der Waals surface area contributed by atoms with E-state index in [0.717, 1.165) is 47.0 Å². The summed E-state index contributed by atoms with van der Waals surface area (Å²) in [4.78, 5) is 14.7. The molecule has 0 aliphatic carbocycles. The first kappa shape index (κ1) is 38.1. The number of aromatic nitrogens is 2. The van der Waals surface area contributed by atoms with Crippen LogP contribution in [-0.2, 0) is 22.0 Å². The van der Waals surface area contributed by atoms with Crippen molar-refractivity contribution in [2.24, 2.45) is 5.92 Å². The Kier molecular flexibility index (Phi) is 11.0. The van der Waals surface area contributed by atoms with Crippen LogP contribution in [0.25, 0.3) is 16.3 Å². The number of hydrogen-bond donors (Lipinski definition) is 1. The third-order valence-electron chi connectivity index (χ3n) is 8.67. The highest BCUT2D eigenvalue weighted by molar-refractivity contribution is 7.88. The van der Waals surface area contributed by atoms with Crippen molar-refractivity contribution in [3.63, 3.8) is 0 Å². The highest BCUT2D eigenvalue weighted by Crippen LogP contribution is 2.40. The minimum Gasteiger partial charge on any atom is -0.283 e. The fraction of sp³-hybridized carbons (Fsp3) is 0.353. The fourth-order valence-electron chi connectivity index (χ4n) is 5.98. The molecule has 1 atom stereocenters. The second-order valence-corrected chi connectivity index (χ2v) is 16.2. The van der Waals surface area contributed by atoms with Crippen molar-refractivity contribution in [3.8, 4) is 28.1 Å². The van der Waals surface area contributed by atoms with E-state index in [1.165, 1.54) is 35.0 Å². The van der Waals surface area contributed by atoms with Gasteiger partial charge in [-0.25, -0.2) is 22.4 Å². The third-order valence-corrected chi connectivity index (χ3v) is 12.0. The van der Waals surface area contributed by atoms with Crippen molar-refractivity contribution in [2.75, 3.05) is 26.2 Å². The van der Waals surface area contributed by atoms with Gasteiger partial charge in [-0.3, -0.25) is 10.2 Å². The summed E-state index contributed by atoms with van der Waals surface area (Å²) < 4.78 is 110. The number of carbonyl (C=O) groups excluding carboxylic acids is 1. The minimum absolute atomic E-state index is 0.0694. The lowest BCUT2D eigenvalue weighted by molar-refractivity contribution is -0.169. The molecule has 0 radical (unpaired) electrons. The summed E-state index contributed by atoms with van der Waals surface area (Å²) in [6.07, 6.45) is -6.87. The molecule has 2 aromatic carbocycles. The number of sulfonamides is 1. The van der Waals surface area contributed by atoms with Crippen LogP contribution in [0.5, 0.6) is 0 Å². The number of carbonyl (C=O) groups is 1. The van der Waals surface area contributed by atoms with Gasteiger partial charge in [0, 0.05) is 42.3 Å². The van der Waals surface area contributed by atoms with Gasteiger partial charge in [-0.15, -0.1) is 11.3 Å². The molecule has 0 spiro atoms. The van der Waals surface area contributed by atoms with Gasteiger partial charge < -0.3 is 0 Å². The molecule has 2 aliphatic rings. The summed E-state index contributed by atoms with van der Waals surface area (Å²) in [5.74, 6) is 2.31. The highest BCUT2D eigenvalue weighted by atomic mass is 35.5. The normalized spacial score (nSPS) is 17.6. The van der Waals surface area contributed by atoms with Crippen LogP contribution in [0.4, 0.5) is 26.3 Å². The molecule has 18 heteroatoms. The van der Waals surface area contributed by atoms with E-state index in [0.29, 0.717) is 33.4 Å². The molecule has 4 aromatic rings. The quantitative estimate of drug-likeness (QED) is 0.151. The van der Waals surface area contributed by atoms with E-state index in [-0.39, 0.29) is 34.2 Å². The van der Waals surface area contributed by atoms with Crippen molar-refractivity contribution in [1.82, 2.24) is 24.5 Å². The Labute approximate surface area is 309 Å². The smallest absolute Gasteiger partial charge is 0.283 e. The Bertz CT molecular complexity index is 2130. The van der Waals surface area contributed by atoms with Gasteiger partial charge in [0.1, 0.15) is 0 Å². The van der Waals surface area contributed by atoms with E-state index in [2.05, 4.69) is 22.4 Å². The Balaban J connectivity index is 1.46. The topological polar surface area (TPSA) is 87.5 Å². The molecule has 1 N–H and O–H groups in total. The van der Waals surface area contributed by atoms with E-state index >= 15 is 0 Å². The van der Waals surface area contributed by atoms with Gasteiger partial charge in [0.25, 0.3) is 5.91 Å². The zero-order chi connectivity index (χ0) is 37.4. The number of nitrogens with one attached hydrogen (secondary N) is 1. The third kappa shape index (κ3) is 8.61. The summed E-state index contributed by atoms with van der Waals surface area (Å²) in [5, 5.41) is 6.68. The molecule has 52 heavy (non-hydrogen) atoms. The van der Waals surface area contributed by atoms with E-state index in [4.69, 9.17) is 23.2 Å². The summed E-state index contributed by atoms with van der Waals surface area (Å²) >= 11 is 13.8. The monoisotopic (exact) mass is 803 g/mol. The molecule has 2 aromatic heterocycles. The Morgan fingerprint density at radius 2 is 1.65 bits per heavy atom. The molecule has 2 aliphatic heterocycles. The van der Waals surface area contributed by atoms with E-state index in [9.17, 15) is 39.6 Å². The zero-order valence-electron chi connectivity index (χ0n) is 27.0. The average Bonchev–Trinajstić information content (AvgIpc) is 3.84. The van der Waals surface area contributed by atoms with Crippen molar-refractivity contribution < 1.29 is 39.6 Å². The summed E-state index contributed by atoms with van der Waals surface area (Å²) in [5.41, 5.74) is 2.32. The van der Waals surface area contributed by atoms with Crippen LogP contribution in [0.15, 0.2) is 54.6 Å². The molecule has 2 saturated heterocycles. The number of hydrogen-bond acceptors (Lipinski definition) is 6. The van der Waals surface area contributed by atoms with Crippen molar-refractivity contribution in [1.29, 1.82) is 0 Å². The first-order valence-corrected chi connectivity index (χ1v) is 19.1. The van der Waals surface area contributed by atoms with Gasteiger partial charge in [0.15, 0.2) is 5.69 Å². The van der Waals surface area contributed by atoms with Gasteiger partial charge in [-0.1, -0.05) is 41.5 Å². The van der Waals surface area contributed by atoms with E-state index in [1.54, 1.807) is 17.1 Å². The second kappa shape index (κ2) is 15.0. The predicted molar refractivity (Wildman–Crippen MR) is 186 cm³/mol. The van der Waals surface area contributed by atoms with Gasteiger partial charge in [-0.05, 0) is 73.9 Å². The van der Waals surface area contributed by atoms with Gasteiger partial charge in [-0.2, -0.15) is 31.4 Å². The van der Waals surface area contributed by atoms with E-state index in [1.807, 2.05) is 0 Å². The molecule has 4 heterocycles. The number of alkyl halides is 6. The summed E-state index contributed by atoms with van der Waals surface area (Å²) in [6, 6.07) is 12.0. The number of amides is 1. The molecule has 8 nitrogen and oxygen atoms in total. The lowest BCUT2D eigenvalue weighted by Gasteiger charge is -2.26. The fourth-order valence-corrected chi connectivity index (χ4v) is 9.00. The molecular weight excluding hydrogens is 775 g/mol. The lowest BCUT2D eigenvalue weighted by Crippen LogP contribution is -2.45. The number of benzene rings is 2. The molecule has 0 saturated carbocycles. The number of piperidine rings is 1. The number of hydrazine groups is 1. The number of rotatable bonds is 7. The summed E-state index contributed by atoms with van der Waals surface area (Å²) in [6.45, 7) is -0.00378. The SMILES string of the molecule is O=C(NN1CCCCC1)c1nn(-c2ccc(Cl)cc2Cl)c(-c2ccc(C#Cc3ccc(C(F)(F)F)cc3)s2)c1CS(=O)(=O)N1CC[C@@H](C(F)(F)F)C1. The zero-order valence-corrected chi connectivity index (χ0v) is 30.1. The van der Waals surface area contributed by atoms with Crippen LogP contribution >= 0.6 is 34.5 Å². The summed E-state index contributed by atoms with van der Waals surface area (Å²) in [7, 11) is -4.44. The van der Waals surface area contributed by atoms with Crippen molar-refractivity contribution in [2.45, 2.75) is 43.8 Å². The molecule has 2 fully saturated rings. The maximum absolute atomic E-state index is 13.9. The lowest BCUT2D eigenvalue weighted by atomic mass is 10.1. The van der Waals surface area contributed by atoms with Crippen molar-refractivity contribution in [3.05, 3.63) is 91.9 Å². The molecule has 1 amide bonds. The average molecular weight is 805 g/mol. The maximum atomic E-state index is 13.9. The largest absolute Gasteiger partial charge is 0.416 e. The Morgan fingerprint density at radius 3 is 2.29 bits per heavy atom. The van der Waals surface area contributed by atoms with Gasteiger partial charge in [0.2, 0.25) is 10.0 Å².